The van der Waals surface area contributed by atoms with Gasteiger partial charge < -0.3 is 12.2 Å². The standard InChI is InChI=1S/2C7H13.Zn/c2*1-3-5-7-6-4-2;/h2*7H,3-5H2,1-2H3;/q2*-1;+2. The van der Waals surface area contributed by atoms with Crippen LogP contribution in [0.2, 0.25) is 0 Å². The van der Waals surface area contributed by atoms with Crippen LogP contribution >= 0.6 is 0 Å². The Morgan fingerprint density at radius 1 is 0.733 bits per heavy atom. The van der Waals surface area contributed by atoms with Gasteiger partial charge in [-0.1, -0.05) is 53.4 Å². The molecule has 0 saturated carbocycles. The summed E-state index contributed by atoms with van der Waals surface area (Å²) in [6.45, 7) is 8.56. The number of hydrogen-bond acceptors (Lipinski definition) is 0. The van der Waals surface area contributed by atoms with Gasteiger partial charge in [0.2, 0.25) is 0 Å². The molecule has 84 valence electrons. The largest absolute Gasteiger partial charge is 2.00 e. The predicted molar refractivity (Wildman–Crippen MR) is 66.0 cm³/mol. The molecule has 0 rings (SSSR count). The maximum Gasteiger partial charge on any atom is 2.00 e. The van der Waals surface area contributed by atoms with Gasteiger partial charge in [0.25, 0.3) is 0 Å². The van der Waals surface area contributed by atoms with Crippen molar-refractivity contribution >= 4 is 0 Å². The summed E-state index contributed by atoms with van der Waals surface area (Å²) < 4.78 is 0. The average molecular weight is 260 g/mol. The molecule has 0 atom stereocenters. The fraction of sp³-hybridized carbons (Fsp3) is 0.714. The van der Waals surface area contributed by atoms with E-state index in [0.717, 1.165) is 12.8 Å². The quantitative estimate of drug-likeness (QED) is 0.459. The second kappa shape index (κ2) is 23.7. The Labute approximate surface area is 110 Å². The summed E-state index contributed by atoms with van der Waals surface area (Å²) in [4.78, 5) is 0. The van der Waals surface area contributed by atoms with Gasteiger partial charge in [0.15, 0.2) is 0 Å². The van der Waals surface area contributed by atoms with Gasteiger partial charge in [-0.3, -0.25) is 12.2 Å². The Morgan fingerprint density at radius 3 is 1.27 bits per heavy atom. The molecular weight excluding hydrogens is 234 g/mol. The molecule has 1 heteroatoms. The van der Waals surface area contributed by atoms with Crippen LogP contribution in [-0.4, -0.2) is 0 Å². The molecule has 0 N–H and O–H groups in total. The van der Waals surface area contributed by atoms with E-state index < -0.39 is 0 Å². The summed E-state index contributed by atoms with van der Waals surface area (Å²) in [5.41, 5.74) is 0. The van der Waals surface area contributed by atoms with Gasteiger partial charge >= 0.3 is 19.5 Å². The maximum atomic E-state index is 3.12. The van der Waals surface area contributed by atoms with Crippen LogP contribution in [0, 0.1) is 12.2 Å². The van der Waals surface area contributed by atoms with E-state index in [0.29, 0.717) is 0 Å². The summed E-state index contributed by atoms with van der Waals surface area (Å²) in [6, 6.07) is 0. The van der Waals surface area contributed by atoms with Crippen molar-refractivity contribution in [1.82, 2.24) is 0 Å². The molecule has 0 saturated heterocycles. The molecule has 0 unspecified atom stereocenters. The van der Waals surface area contributed by atoms with Crippen LogP contribution in [0.1, 0.15) is 66.2 Å². The van der Waals surface area contributed by atoms with Crippen molar-refractivity contribution in [3.63, 3.8) is 0 Å². The topological polar surface area (TPSA) is 0 Å². The van der Waals surface area contributed by atoms with Gasteiger partial charge in [-0.2, -0.15) is 12.8 Å². The molecule has 0 nitrogen and oxygen atoms in total. The van der Waals surface area contributed by atoms with Crippen LogP contribution in [0.15, 0.2) is 12.2 Å². The van der Waals surface area contributed by atoms with Crippen LogP contribution < -0.4 is 0 Å². The van der Waals surface area contributed by atoms with E-state index in [1.807, 2.05) is 0 Å². The van der Waals surface area contributed by atoms with Crippen LogP contribution in [0.4, 0.5) is 0 Å². The number of rotatable bonds is 6. The molecule has 0 aliphatic rings. The van der Waals surface area contributed by atoms with Gasteiger partial charge in [0.1, 0.15) is 0 Å². The summed E-state index contributed by atoms with van der Waals surface area (Å²) in [5, 5.41) is 0. The third-order valence-electron chi connectivity index (χ3n) is 1.56. The molecule has 15 heavy (non-hydrogen) atoms. The number of unbranched alkanes of at least 4 members (excludes halogenated alkanes) is 2. The first kappa shape index (κ1) is 20.5. The van der Waals surface area contributed by atoms with Crippen molar-refractivity contribution in [3.05, 3.63) is 24.3 Å². The molecule has 0 aromatic carbocycles. The van der Waals surface area contributed by atoms with E-state index >= 15 is 0 Å². The fourth-order valence-corrected chi connectivity index (χ4v) is 0.781. The fourth-order valence-electron chi connectivity index (χ4n) is 0.781. The molecule has 0 aliphatic carbocycles. The second-order valence-corrected chi connectivity index (χ2v) is 3.10. The van der Waals surface area contributed by atoms with E-state index in [9.17, 15) is 0 Å². The third-order valence-corrected chi connectivity index (χ3v) is 1.56. The summed E-state index contributed by atoms with van der Waals surface area (Å²) in [5.74, 6) is 0. The number of allylic oxidation sites excluding steroid dienone is 4. The van der Waals surface area contributed by atoms with Gasteiger partial charge in [-0.15, -0.1) is 0 Å². The zero-order valence-electron chi connectivity index (χ0n) is 11.1. The van der Waals surface area contributed by atoms with Crippen molar-refractivity contribution in [2.75, 3.05) is 0 Å². The van der Waals surface area contributed by atoms with E-state index in [1.54, 1.807) is 0 Å². The van der Waals surface area contributed by atoms with Crippen LogP contribution in [0.3, 0.4) is 0 Å². The van der Waals surface area contributed by atoms with Crippen molar-refractivity contribution in [1.29, 1.82) is 0 Å². The molecule has 0 radical (unpaired) electrons. The molecule has 0 aliphatic heterocycles. The third kappa shape index (κ3) is 31.5. The SMILES string of the molecule is CC[C-]=CCCC.CC[C-]=CCCC.[Zn+2]. The summed E-state index contributed by atoms with van der Waals surface area (Å²) in [7, 11) is 0. The van der Waals surface area contributed by atoms with E-state index in [4.69, 9.17) is 0 Å². The minimum Gasteiger partial charge on any atom is -0.501 e. The molecule has 0 heterocycles. The Balaban J connectivity index is -0.000000180. The van der Waals surface area contributed by atoms with Crippen molar-refractivity contribution < 1.29 is 19.5 Å². The Morgan fingerprint density at radius 2 is 1.07 bits per heavy atom. The summed E-state index contributed by atoms with van der Waals surface area (Å²) >= 11 is 0. The van der Waals surface area contributed by atoms with Gasteiger partial charge in [-0.05, 0) is 0 Å². The Bertz CT molecular complexity index is 109. The van der Waals surface area contributed by atoms with Gasteiger partial charge in [0.05, 0.1) is 0 Å². The first-order chi connectivity index (χ1) is 6.83. The van der Waals surface area contributed by atoms with Crippen LogP contribution in [-0.2, 0) is 19.5 Å². The molecule has 0 bridgehead atoms. The minimum absolute atomic E-state index is 0. The van der Waals surface area contributed by atoms with E-state index in [2.05, 4.69) is 52.0 Å². The Hall–Kier alpha value is 0.103. The smallest absolute Gasteiger partial charge is 0.501 e. The predicted octanol–water partition coefficient (Wildman–Crippen LogP) is 5.11. The van der Waals surface area contributed by atoms with Crippen molar-refractivity contribution in [2.45, 2.75) is 66.2 Å². The molecule has 0 spiro atoms. The Kier molecular flexibility index (Phi) is 32.4. The van der Waals surface area contributed by atoms with Gasteiger partial charge in [-0.25, -0.2) is 0 Å². The van der Waals surface area contributed by atoms with Crippen molar-refractivity contribution in [2.24, 2.45) is 0 Å². The second-order valence-electron chi connectivity index (χ2n) is 3.10. The average Bonchev–Trinajstić information content (AvgIpc) is 2.21. The van der Waals surface area contributed by atoms with Crippen molar-refractivity contribution in [3.8, 4) is 0 Å². The molecular formula is C14H26Zn. The van der Waals surface area contributed by atoms with Gasteiger partial charge in [0, 0.05) is 0 Å². The van der Waals surface area contributed by atoms with Crippen LogP contribution in [0.25, 0.3) is 0 Å². The zero-order chi connectivity index (χ0) is 11.1. The first-order valence-electron chi connectivity index (χ1n) is 5.93. The molecule has 0 fully saturated rings. The maximum absolute atomic E-state index is 3.12. The van der Waals surface area contributed by atoms with E-state index in [1.165, 1.54) is 25.7 Å². The molecule has 0 amide bonds. The molecule has 0 aromatic rings. The normalized spacial score (nSPS) is 9.87. The molecule has 0 aromatic heterocycles. The van der Waals surface area contributed by atoms with E-state index in [-0.39, 0.29) is 19.5 Å². The monoisotopic (exact) mass is 258 g/mol. The van der Waals surface area contributed by atoms with Crippen LogP contribution in [0.5, 0.6) is 0 Å². The minimum atomic E-state index is 0. The summed E-state index contributed by atoms with van der Waals surface area (Å²) in [6.07, 6.45) is 17.4. The zero-order valence-corrected chi connectivity index (χ0v) is 14.1. The number of hydrogen-bond donors (Lipinski definition) is 0. The first-order valence-corrected chi connectivity index (χ1v) is 5.93.